The van der Waals surface area contributed by atoms with Gasteiger partial charge in [0.25, 0.3) is 0 Å². The van der Waals surface area contributed by atoms with Crippen LogP contribution in [-0.4, -0.2) is 50.5 Å². The molecule has 2 aromatic carbocycles. The fourth-order valence-electron chi connectivity index (χ4n) is 3.97. The van der Waals surface area contributed by atoms with E-state index in [4.69, 9.17) is 23.2 Å². The Balaban J connectivity index is 1.55. The van der Waals surface area contributed by atoms with E-state index in [9.17, 15) is 9.65 Å². The highest BCUT2D eigenvalue weighted by Crippen LogP contribution is 2.37. The Morgan fingerprint density at radius 2 is 1.95 bits per heavy atom. The van der Waals surface area contributed by atoms with Gasteiger partial charge < -0.3 is 15.5 Å². The first-order valence-corrected chi connectivity index (χ1v) is 13.5. The van der Waals surface area contributed by atoms with Gasteiger partial charge in [-0.05, 0) is 44.4 Å². The summed E-state index contributed by atoms with van der Waals surface area (Å²) >= 11 is 14.1. The number of halogens is 3. The molecule has 198 valence electrons. The quantitative estimate of drug-likeness (QED) is 0.215. The van der Waals surface area contributed by atoms with Crippen LogP contribution in [0.2, 0.25) is 10.0 Å². The number of pyridine rings is 1. The number of anilines is 3. The molecule has 0 aliphatic heterocycles. The molecule has 0 fully saturated rings. The number of rotatable bonds is 9. The Kier molecular flexibility index (Phi) is 7.90. The highest BCUT2D eigenvalue weighted by molar-refractivity contribution is 7.07. The number of hydrogen-bond donors (Lipinski definition) is 2. The molecular weight excluding hydrogens is 560 g/mol. The van der Waals surface area contributed by atoms with E-state index in [0.29, 0.717) is 45.2 Å². The second kappa shape index (κ2) is 11.5. The molecule has 0 radical (unpaired) electrons. The lowest BCUT2D eigenvalue weighted by Crippen LogP contribution is -2.18. The third-order valence-electron chi connectivity index (χ3n) is 5.92. The van der Waals surface area contributed by atoms with E-state index in [0.717, 1.165) is 12.2 Å². The molecule has 1 atom stereocenters. The third kappa shape index (κ3) is 5.94. The summed E-state index contributed by atoms with van der Waals surface area (Å²) in [5.41, 5.74) is 5.65. The van der Waals surface area contributed by atoms with Crippen LogP contribution in [0.25, 0.3) is 10.9 Å². The van der Waals surface area contributed by atoms with Crippen molar-refractivity contribution in [2.24, 2.45) is 0 Å². The van der Waals surface area contributed by atoms with E-state index >= 15 is 0 Å². The van der Waals surface area contributed by atoms with Gasteiger partial charge in [-0.25, -0.2) is 9.37 Å². The van der Waals surface area contributed by atoms with Crippen LogP contribution in [0.1, 0.15) is 23.0 Å². The van der Waals surface area contributed by atoms with Crippen molar-refractivity contribution in [3.05, 3.63) is 86.4 Å². The minimum absolute atomic E-state index is 0.0398. The van der Waals surface area contributed by atoms with Gasteiger partial charge in [-0.2, -0.15) is 5.26 Å². The van der Waals surface area contributed by atoms with E-state index in [1.807, 2.05) is 31.7 Å². The highest BCUT2D eigenvalue weighted by Gasteiger charge is 2.22. The van der Waals surface area contributed by atoms with Crippen molar-refractivity contribution in [1.82, 2.24) is 29.9 Å². The Hall–Kier alpha value is -3.82. The predicted octanol–water partition coefficient (Wildman–Crippen LogP) is 6.11. The monoisotopic (exact) mass is 581 g/mol. The lowest BCUT2D eigenvalue weighted by Gasteiger charge is -2.18. The maximum atomic E-state index is 13.7. The van der Waals surface area contributed by atoms with Gasteiger partial charge in [-0.1, -0.05) is 28.4 Å². The Morgan fingerprint density at radius 1 is 1.13 bits per heavy atom. The van der Waals surface area contributed by atoms with E-state index in [-0.39, 0.29) is 10.6 Å². The summed E-state index contributed by atoms with van der Waals surface area (Å²) in [5.74, 6) is -0.538. The molecule has 9 nitrogen and oxygen atoms in total. The van der Waals surface area contributed by atoms with Gasteiger partial charge in [-0.15, -0.1) is 16.4 Å². The zero-order valence-electron chi connectivity index (χ0n) is 20.9. The van der Waals surface area contributed by atoms with Crippen molar-refractivity contribution in [2.45, 2.75) is 12.6 Å². The molecule has 0 aliphatic rings. The van der Waals surface area contributed by atoms with E-state index < -0.39 is 11.9 Å². The number of nitrogens with zero attached hydrogens (tertiary/aromatic N) is 7. The summed E-state index contributed by atoms with van der Waals surface area (Å²) < 4.78 is 15.5. The standard InChI is InChI=1S/C26H22Cl2FN9S/c1-37(2)5-6-38-12-22(35-36-38)26(23-13-39-14-32-23)34-17-7-18-24(33-16-3-4-21(29)19(27)8-16)15(10-30)11-31-25(18)20(28)9-17/h3-4,7-9,11-14,26,34H,5-6H2,1-2H3,(H,31,33). The molecule has 0 saturated carbocycles. The normalized spacial score (nSPS) is 12.0. The summed E-state index contributed by atoms with van der Waals surface area (Å²) in [6.45, 7) is 1.51. The second-order valence-corrected chi connectivity index (χ2v) is 10.5. The molecule has 0 saturated heterocycles. The topological polar surface area (TPSA) is 108 Å². The molecule has 13 heteroatoms. The van der Waals surface area contributed by atoms with Gasteiger partial charge in [-0.3, -0.25) is 9.67 Å². The van der Waals surface area contributed by atoms with E-state index in [1.165, 1.54) is 35.7 Å². The fourth-order valence-corrected chi connectivity index (χ4v) is 5.00. The fraction of sp³-hybridized carbons (Fsp3) is 0.192. The Bertz CT molecular complexity index is 1660. The van der Waals surface area contributed by atoms with Crippen molar-refractivity contribution in [2.75, 3.05) is 31.3 Å². The van der Waals surface area contributed by atoms with Crippen LogP contribution in [-0.2, 0) is 6.54 Å². The van der Waals surface area contributed by atoms with Crippen molar-refractivity contribution < 1.29 is 4.39 Å². The van der Waals surface area contributed by atoms with E-state index in [2.05, 4.69) is 41.9 Å². The van der Waals surface area contributed by atoms with Gasteiger partial charge in [0.1, 0.15) is 23.6 Å². The number of nitrogens with one attached hydrogen (secondary N) is 2. The van der Waals surface area contributed by atoms with Crippen molar-refractivity contribution in [1.29, 1.82) is 5.26 Å². The Morgan fingerprint density at radius 3 is 2.67 bits per heavy atom. The van der Waals surface area contributed by atoms with Crippen LogP contribution >= 0.6 is 34.5 Å². The largest absolute Gasteiger partial charge is 0.371 e. The Labute approximate surface area is 237 Å². The first-order chi connectivity index (χ1) is 18.8. The summed E-state index contributed by atoms with van der Waals surface area (Å²) in [6, 6.07) is 9.60. The van der Waals surface area contributed by atoms with Gasteiger partial charge in [0.15, 0.2) is 0 Å². The number of likely N-dealkylation sites (N-methyl/N-ethyl adjacent to an activating group) is 1. The molecule has 0 amide bonds. The molecule has 1 unspecified atom stereocenters. The van der Waals surface area contributed by atoms with Crippen LogP contribution in [0.4, 0.5) is 21.5 Å². The molecule has 0 aliphatic carbocycles. The van der Waals surface area contributed by atoms with Gasteiger partial charge in [0, 0.05) is 34.9 Å². The predicted molar refractivity (Wildman–Crippen MR) is 152 cm³/mol. The molecule has 5 aromatic rings. The number of thiazole rings is 1. The van der Waals surface area contributed by atoms with Crippen LogP contribution in [0.3, 0.4) is 0 Å². The second-order valence-electron chi connectivity index (χ2n) is 8.97. The molecule has 3 aromatic heterocycles. The third-order valence-corrected chi connectivity index (χ3v) is 7.10. The summed E-state index contributed by atoms with van der Waals surface area (Å²) in [6.07, 6.45) is 3.34. The van der Waals surface area contributed by atoms with Crippen LogP contribution in [0.15, 0.2) is 53.6 Å². The summed E-state index contributed by atoms with van der Waals surface area (Å²) in [5, 5.41) is 28.0. The number of nitriles is 1. The first-order valence-electron chi connectivity index (χ1n) is 11.8. The van der Waals surface area contributed by atoms with Gasteiger partial charge >= 0.3 is 0 Å². The lowest BCUT2D eigenvalue weighted by molar-refractivity contribution is 0.370. The molecule has 2 N–H and O–H groups in total. The minimum Gasteiger partial charge on any atom is -0.371 e. The maximum absolute atomic E-state index is 13.7. The maximum Gasteiger partial charge on any atom is 0.141 e. The average molecular weight is 582 g/mol. The molecule has 39 heavy (non-hydrogen) atoms. The van der Waals surface area contributed by atoms with Crippen LogP contribution < -0.4 is 10.6 Å². The zero-order valence-corrected chi connectivity index (χ0v) is 23.2. The van der Waals surface area contributed by atoms with Crippen molar-refractivity contribution >= 4 is 62.5 Å². The average Bonchev–Trinajstić information content (AvgIpc) is 3.61. The SMILES string of the molecule is CN(C)CCn1cc(C(Nc2cc(Cl)c3ncc(C#N)c(Nc4ccc(F)c(Cl)c4)c3c2)c2cscn2)nn1. The number of aromatic nitrogens is 5. The molecule has 0 bridgehead atoms. The van der Waals surface area contributed by atoms with Crippen molar-refractivity contribution in [3.63, 3.8) is 0 Å². The highest BCUT2D eigenvalue weighted by atomic mass is 35.5. The van der Waals surface area contributed by atoms with Crippen molar-refractivity contribution in [3.8, 4) is 6.07 Å². The van der Waals surface area contributed by atoms with Crippen LogP contribution in [0, 0.1) is 17.1 Å². The zero-order chi connectivity index (χ0) is 27.5. The van der Waals surface area contributed by atoms with Gasteiger partial charge in [0.05, 0.1) is 50.8 Å². The van der Waals surface area contributed by atoms with Gasteiger partial charge in [0.2, 0.25) is 0 Å². The smallest absolute Gasteiger partial charge is 0.141 e. The first kappa shape index (κ1) is 26.8. The molecule has 5 rings (SSSR count). The lowest BCUT2D eigenvalue weighted by atomic mass is 10.1. The molecule has 3 heterocycles. The number of benzene rings is 2. The molecule has 0 spiro atoms. The summed E-state index contributed by atoms with van der Waals surface area (Å²) in [7, 11) is 4.00. The minimum atomic E-state index is -0.538. The molecular formula is C26H22Cl2FN9S. The van der Waals surface area contributed by atoms with Crippen LogP contribution in [0.5, 0.6) is 0 Å². The summed E-state index contributed by atoms with van der Waals surface area (Å²) in [4.78, 5) is 11.0. The number of fused-ring (bicyclic) bond motifs is 1. The number of hydrogen-bond acceptors (Lipinski definition) is 9. The van der Waals surface area contributed by atoms with E-state index in [1.54, 1.807) is 16.3 Å².